The molecule has 6 rings (SSSR count). The molecule has 2 saturated heterocycles. The quantitative estimate of drug-likeness (QED) is 0.554. The molecule has 35 heavy (non-hydrogen) atoms. The molecule has 0 unspecified atom stereocenters. The van der Waals surface area contributed by atoms with Gasteiger partial charge < -0.3 is 23.7 Å². The van der Waals surface area contributed by atoms with Gasteiger partial charge in [0.25, 0.3) is 0 Å². The Balaban J connectivity index is 1.15. The fourth-order valence-corrected chi connectivity index (χ4v) is 6.22. The van der Waals surface area contributed by atoms with Crippen LogP contribution in [0, 0.1) is 11.3 Å². The largest absolute Gasteiger partial charge is 0.497 e. The molecule has 2 atom stereocenters. The molecule has 3 aliphatic rings. The van der Waals surface area contributed by atoms with Crippen LogP contribution in [0.3, 0.4) is 0 Å². The van der Waals surface area contributed by atoms with Gasteiger partial charge in [0.2, 0.25) is 5.91 Å². The summed E-state index contributed by atoms with van der Waals surface area (Å²) >= 11 is 0. The summed E-state index contributed by atoms with van der Waals surface area (Å²) in [7, 11) is 1.69. The minimum absolute atomic E-state index is 0.00339. The van der Waals surface area contributed by atoms with Crippen molar-refractivity contribution in [1.29, 1.82) is 0 Å². The van der Waals surface area contributed by atoms with E-state index in [2.05, 4.69) is 24.9 Å². The summed E-state index contributed by atoms with van der Waals surface area (Å²) < 4.78 is 20.5. The second-order valence-electron chi connectivity index (χ2n) is 10.9. The Kier molecular flexibility index (Phi) is 5.29. The topological polar surface area (TPSA) is 65.8 Å². The van der Waals surface area contributed by atoms with Crippen molar-refractivity contribution in [2.75, 3.05) is 26.8 Å². The van der Waals surface area contributed by atoms with Gasteiger partial charge in [0.05, 0.1) is 37.2 Å². The minimum atomic E-state index is -0.324. The number of fused-ring (bicyclic) bond motifs is 4. The first-order valence-electron chi connectivity index (χ1n) is 12.5. The van der Waals surface area contributed by atoms with Crippen molar-refractivity contribution in [3.8, 4) is 11.5 Å². The molecule has 2 aromatic carbocycles. The molecule has 1 amide bonds. The van der Waals surface area contributed by atoms with E-state index in [4.69, 9.17) is 14.2 Å². The van der Waals surface area contributed by atoms with Gasteiger partial charge >= 0.3 is 0 Å². The van der Waals surface area contributed by atoms with Crippen molar-refractivity contribution >= 4 is 16.9 Å². The van der Waals surface area contributed by atoms with Gasteiger partial charge in [0.1, 0.15) is 23.6 Å². The highest BCUT2D eigenvalue weighted by molar-refractivity contribution is 5.80. The number of hydrogen-bond acceptors (Lipinski definition) is 5. The van der Waals surface area contributed by atoms with E-state index in [0.717, 1.165) is 67.1 Å². The predicted molar refractivity (Wildman–Crippen MR) is 132 cm³/mol. The third-order valence-electron chi connectivity index (χ3n) is 8.39. The van der Waals surface area contributed by atoms with Gasteiger partial charge in [-0.2, -0.15) is 0 Å². The number of ether oxygens (including phenoxy) is 3. The average Bonchev–Trinajstić information content (AvgIpc) is 3.27. The summed E-state index contributed by atoms with van der Waals surface area (Å²) in [6.45, 7) is 6.92. The van der Waals surface area contributed by atoms with Crippen molar-refractivity contribution in [1.82, 2.24) is 14.5 Å². The SMILES string of the molecule is COc1ccc2c(c1)[C@H]1OCC3(CCN(C(=O)Cn4cnc5ccccc54)CC3)C[C@@H]1C(C)(C)O2. The third-order valence-corrected chi connectivity index (χ3v) is 8.39. The summed E-state index contributed by atoms with van der Waals surface area (Å²) in [5.74, 6) is 2.11. The van der Waals surface area contributed by atoms with Gasteiger partial charge in [-0.15, -0.1) is 0 Å². The second-order valence-corrected chi connectivity index (χ2v) is 10.9. The van der Waals surface area contributed by atoms with E-state index in [1.54, 1.807) is 13.4 Å². The lowest BCUT2D eigenvalue weighted by Crippen LogP contribution is -2.54. The molecule has 1 aromatic heterocycles. The number of hydrogen-bond donors (Lipinski definition) is 0. The molecule has 0 N–H and O–H groups in total. The maximum Gasteiger partial charge on any atom is 0.242 e. The monoisotopic (exact) mass is 475 g/mol. The molecule has 1 spiro atoms. The number of imidazole rings is 1. The maximum absolute atomic E-state index is 13.1. The van der Waals surface area contributed by atoms with Crippen LogP contribution in [-0.2, 0) is 16.1 Å². The zero-order chi connectivity index (χ0) is 24.2. The highest BCUT2D eigenvalue weighted by Crippen LogP contribution is 2.55. The van der Waals surface area contributed by atoms with E-state index in [9.17, 15) is 4.79 Å². The molecule has 2 fully saturated rings. The smallest absolute Gasteiger partial charge is 0.242 e. The lowest BCUT2D eigenvalue weighted by atomic mass is 9.64. The maximum atomic E-state index is 13.1. The summed E-state index contributed by atoms with van der Waals surface area (Å²) in [6.07, 6.45) is 4.71. The highest BCUT2D eigenvalue weighted by atomic mass is 16.5. The first-order chi connectivity index (χ1) is 16.9. The van der Waals surface area contributed by atoms with E-state index in [0.29, 0.717) is 6.54 Å². The van der Waals surface area contributed by atoms with Crippen LogP contribution in [0.15, 0.2) is 48.8 Å². The fourth-order valence-electron chi connectivity index (χ4n) is 6.22. The van der Waals surface area contributed by atoms with Gasteiger partial charge in [0.15, 0.2) is 0 Å². The lowest BCUT2D eigenvalue weighted by Gasteiger charge is -2.54. The number of methoxy groups -OCH3 is 1. The number of benzene rings is 2. The lowest BCUT2D eigenvalue weighted by molar-refractivity contribution is -0.176. The van der Waals surface area contributed by atoms with Crippen molar-refractivity contribution in [3.05, 3.63) is 54.4 Å². The molecule has 0 aliphatic carbocycles. The molecule has 0 saturated carbocycles. The zero-order valence-electron chi connectivity index (χ0n) is 20.7. The normalized spacial score (nSPS) is 24.5. The van der Waals surface area contributed by atoms with E-state index in [-0.39, 0.29) is 28.9 Å². The Morgan fingerprint density at radius 3 is 2.77 bits per heavy atom. The van der Waals surface area contributed by atoms with Gasteiger partial charge in [-0.05, 0) is 68.9 Å². The first-order valence-corrected chi connectivity index (χ1v) is 12.5. The van der Waals surface area contributed by atoms with Gasteiger partial charge in [-0.25, -0.2) is 4.98 Å². The Labute approximate surface area is 206 Å². The van der Waals surface area contributed by atoms with Crippen LogP contribution in [-0.4, -0.2) is 52.8 Å². The van der Waals surface area contributed by atoms with Crippen molar-refractivity contribution in [2.24, 2.45) is 11.3 Å². The average molecular weight is 476 g/mol. The van der Waals surface area contributed by atoms with E-state index < -0.39 is 0 Å². The Morgan fingerprint density at radius 1 is 1.17 bits per heavy atom. The molecule has 0 bridgehead atoms. The number of amides is 1. The Hall–Kier alpha value is -3.06. The summed E-state index contributed by atoms with van der Waals surface area (Å²) in [5, 5.41) is 0. The number of carbonyl (C=O) groups excluding carboxylic acids is 1. The van der Waals surface area contributed by atoms with Crippen LogP contribution >= 0.6 is 0 Å². The highest BCUT2D eigenvalue weighted by Gasteiger charge is 2.53. The van der Waals surface area contributed by atoms with Crippen LogP contribution in [0.2, 0.25) is 0 Å². The molecular weight excluding hydrogens is 442 g/mol. The first kappa shape index (κ1) is 22.4. The van der Waals surface area contributed by atoms with Crippen molar-refractivity contribution in [3.63, 3.8) is 0 Å². The molecule has 3 aliphatic heterocycles. The van der Waals surface area contributed by atoms with Crippen LogP contribution in [0.25, 0.3) is 11.0 Å². The third kappa shape index (κ3) is 3.86. The van der Waals surface area contributed by atoms with Crippen LogP contribution in [0.4, 0.5) is 0 Å². The van der Waals surface area contributed by atoms with E-state index in [1.807, 2.05) is 45.9 Å². The zero-order valence-corrected chi connectivity index (χ0v) is 20.7. The fraction of sp³-hybridized carbons (Fsp3) is 0.500. The standard InChI is InChI=1S/C28H33N3O4/c1-27(2)21-15-28(17-34-26(21)20-14-19(33-3)8-9-24(20)35-27)10-12-30(13-11-28)25(32)16-31-18-29-22-6-4-5-7-23(22)31/h4-9,14,18,21,26H,10-13,15-17H2,1-3H3/t21-,26+/m0/s1. The molecule has 7 nitrogen and oxygen atoms in total. The Morgan fingerprint density at radius 2 is 1.97 bits per heavy atom. The number of aromatic nitrogens is 2. The van der Waals surface area contributed by atoms with Crippen LogP contribution in [0.1, 0.15) is 44.8 Å². The number of carbonyl (C=O) groups is 1. The number of piperidine rings is 1. The second kappa shape index (κ2) is 8.26. The molecule has 3 aromatic rings. The summed E-state index contributed by atoms with van der Waals surface area (Å²) in [4.78, 5) is 19.6. The molecule has 0 radical (unpaired) electrons. The molecule has 4 heterocycles. The van der Waals surface area contributed by atoms with Gasteiger partial charge in [-0.1, -0.05) is 12.1 Å². The number of rotatable bonds is 3. The van der Waals surface area contributed by atoms with Crippen molar-refractivity contribution in [2.45, 2.75) is 51.4 Å². The van der Waals surface area contributed by atoms with Crippen molar-refractivity contribution < 1.29 is 19.0 Å². The summed E-state index contributed by atoms with van der Waals surface area (Å²) in [6, 6.07) is 13.9. The predicted octanol–water partition coefficient (Wildman–Crippen LogP) is 4.60. The number of likely N-dealkylation sites (tertiary alicyclic amines) is 1. The molecule has 184 valence electrons. The molecular formula is C28H33N3O4. The number of para-hydroxylation sites is 2. The van der Waals surface area contributed by atoms with Crippen LogP contribution in [0.5, 0.6) is 11.5 Å². The van der Waals surface area contributed by atoms with Gasteiger partial charge in [-0.3, -0.25) is 4.79 Å². The molecule has 7 heteroatoms. The van der Waals surface area contributed by atoms with E-state index >= 15 is 0 Å². The van der Waals surface area contributed by atoms with Gasteiger partial charge in [0, 0.05) is 24.6 Å². The number of nitrogens with zero attached hydrogens (tertiary/aromatic N) is 3. The minimum Gasteiger partial charge on any atom is -0.497 e. The van der Waals surface area contributed by atoms with E-state index in [1.165, 1.54) is 0 Å². The Bertz CT molecular complexity index is 1260. The van der Waals surface area contributed by atoms with Crippen LogP contribution < -0.4 is 9.47 Å². The summed E-state index contributed by atoms with van der Waals surface area (Å²) in [5.41, 5.74) is 2.76.